The van der Waals surface area contributed by atoms with Gasteiger partial charge in [0.2, 0.25) is 0 Å². The van der Waals surface area contributed by atoms with Crippen LogP contribution in [0.1, 0.15) is 24.0 Å². The molecule has 1 fully saturated rings. The van der Waals surface area contributed by atoms with Crippen LogP contribution in [0.3, 0.4) is 0 Å². The van der Waals surface area contributed by atoms with Gasteiger partial charge in [0.05, 0.1) is 10.6 Å². The normalized spacial score (nSPS) is 18.3. The zero-order valence-electron chi connectivity index (χ0n) is 14.5. The molecule has 0 aliphatic carbocycles. The number of fused-ring (bicyclic) bond motifs is 2. The van der Waals surface area contributed by atoms with Crippen molar-refractivity contribution in [3.63, 3.8) is 0 Å². The summed E-state index contributed by atoms with van der Waals surface area (Å²) < 4.78 is 6.00. The Balaban J connectivity index is 1.36. The summed E-state index contributed by atoms with van der Waals surface area (Å²) in [6.07, 6.45) is 4.37. The Hall–Kier alpha value is -2.73. The van der Waals surface area contributed by atoms with Crippen LogP contribution in [0.15, 0.2) is 53.5 Å². The third-order valence-electron chi connectivity index (χ3n) is 5.39. The highest BCUT2D eigenvalue weighted by Gasteiger charge is 2.40. The van der Waals surface area contributed by atoms with E-state index < -0.39 is 0 Å². The summed E-state index contributed by atoms with van der Waals surface area (Å²) in [5.41, 5.74) is 3.23. The lowest BCUT2D eigenvalue weighted by Crippen LogP contribution is -2.45. The molecule has 0 atom stereocenters. The van der Waals surface area contributed by atoms with Crippen LogP contribution in [0, 0.1) is 10.1 Å². The Morgan fingerprint density at radius 2 is 1.85 bits per heavy atom. The Kier molecular flexibility index (Phi) is 4.42. The molecule has 1 spiro atoms. The van der Waals surface area contributed by atoms with E-state index in [0.717, 1.165) is 50.1 Å². The molecule has 26 heavy (non-hydrogen) atoms. The predicted octanol–water partition coefficient (Wildman–Crippen LogP) is 3.82. The van der Waals surface area contributed by atoms with Crippen LogP contribution in [-0.4, -0.2) is 35.9 Å². The van der Waals surface area contributed by atoms with E-state index in [0.29, 0.717) is 0 Å². The zero-order chi connectivity index (χ0) is 18.0. The molecular formula is C20H21N3O3. The van der Waals surface area contributed by atoms with Gasteiger partial charge in [-0.05, 0) is 18.1 Å². The van der Waals surface area contributed by atoms with Crippen LogP contribution in [-0.2, 0) is 16.8 Å². The molecule has 134 valence electrons. The van der Waals surface area contributed by atoms with E-state index in [-0.39, 0.29) is 16.2 Å². The molecule has 0 bridgehead atoms. The quantitative estimate of drug-likeness (QED) is 0.620. The van der Waals surface area contributed by atoms with Gasteiger partial charge in [-0.3, -0.25) is 10.1 Å². The van der Waals surface area contributed by atoms with Gasteiger partial charge in [-0.2, -0.15) is 0 Å². The van der Waals surface area contributed by atoms with Crippen molar-refractivity contribution in [1.29, 1.82) is 0 Å². The average molecular weight is 351 g/mol. The molecule has 1 saturated heterocycles. The highest BCUT2D eigenvalue weighted by Crippen LogP contribution is 2.43. The van der Waals surface area contributed by atoms with Crippen molar-refractivity contribution in [2.45, 2.75) is 24.9 Å². The fourth-order valence-electron chi connectivity index (χ4n) is 3.82. The van der Waals surface area contributed by atoms with Gasteiger partial charge < -0.3 is 9.64 Å². The van der Waals surface area contributed by atoms with Crippen LogP contribution in [0.4, 0.5) is 11.4 Å². The number of piperidine rings is 1. The van der Waals surface area contributed by atoms with E-state index in [1.165, 1.54) is 5.56 Å². The lowest BCUT2D eigenvalue weighted by atomic mass is 9.82. The minimum atomic E-state index is -0.362. The molecule has 0 radical (unpaired) electrons. The summed E-state index contributed by atoms with van der Waals surface area (Å²) in [5, 5.41) is 10.7. The molecule has 2 heterocycles. The van der Waals surface area contributed by atoms with E-state index in [1.54, 1.807) is 18.5 Å². The molecule has 0 aromatic heterocycles. The highest BCUT2D eigenvalue weighted by atomic mass is 16.6. The fourth-order valence-corrected chi connectivity index (χ4v) is 3.82. The van der Waals surface area contributed by atoms with E-state index in [9.17, 15) is 10.1 Å². The third-order valence-corrected chi connectivity index (χ3v) is 5.39. The van der Waals surface area contributed by atoms with Gasteiger partial charge in [-0.15, -0.1) is 0 Å². The Morgan fingerprint density at radius 1 is 1.12 bits per heavy atom. The van der Waals surface area contributed by atoms with Gasteiger partial charge in [-0.25, -0.2) is 4.99 Å². The van der Waals surface area contributed by atoms with Crippen LogP contribution >= 0.6 is 0 Å². The first-order chi connectivity index (χ1) is 12.7. The summed E-state index contributed by atoms with van der Waals surface area (Å²) in [7, 11) is 0. The SMILES string of the molecule is O=[N+]([O-])c1ccc(CCN2CCC3(CC2)OC=Nc2ccccc23)cc1. The molecule has 2 aromatic rings. The molecule has 4 rings (SSSR count). The number of likely N-dealkylation sites (tertiary alicyclic amines) is 1. The monoisotopic (exact) mass is 351 g/mol. The third kappa shape index (κ3) is 3.20. The Labute approximate surface area is 152 Å². The zero-order valence-corrected chi connectivity index (χ0v) is 14.5. The van der Waals surface area contributed by atoms with Crippen LogP contribution in [0.5, 0.6) is 0 Å². The second-order valence-corrected chi connectivity index (χ2v) is 6.88. The minimum absolute atomic E-state index is 0.142. The number of nitro benzene ring substituents is 1. The molecule has 2 aromatic carbocycles. The molecule has 2 aliphatic rings. The van der Waals surface area contributed by atoms with Crippen LogP contribution in [0.25, 0.3) is 0 Å². The number of benzene rings is 2. The maximum Gasteiger partial charge on any atom is 0.269 e. The first-order valence-electron chi connectivity index (χ1n) is 8.92. The molecular weight excluding hydrogens is 330 g/mol. The maximum atomic E-state index is 10.7. The second-order valence-electron chi connectivity index (χ2n) is 6.88. The molecule has 6 nitrogen and oxygen atoms in total. The number of para-hydroxylation sites is 1. The van der Waals surface area contributed by atoms with Crippen molar-refractivity contribution in [2.24, 2.45) is 4.99 Å². The number of ether oxygens (including phenoxy) is 1. The van der Waals surface area contributed by atoms with Crippen molar-refractivity contribution in [3.05, 3.63) is 69.8 Å². The summed E-state index contributed by atoms with van der Waals surface area (Å²) in [6, 6.07) is 15.1. The van der Waals surface area contributed by atoms with Crippen LogP contribution in [0.2, 0.25) is 0 Å². The number of hydrogen-bond donors (Lipinski definition) is 0. The van der Waals surface area contributed by atoms with Crippen molar-refractivity contribution in [2.75, 3.05) is 19.6 Å². The molecule has 2 aliphatic heterocycles. The minimum Gasteiger partial charge on any atom is -0.472 e. The van der Waals surface area contributed by atoms with E-state index >= 15 is 0 Å². The number of nitro groups is 1. The Bertz CT molecular complexity index is 824. The van der Waals surface area contributed by atoms with Gasteiger partial charge in [-0.1, -0.05) is 30.3 Å². The van der Waals surface area contributed by atoms with Crippen molar-refractivity contribution < 1.29 is 9.66 Å². The lowest BCUT2D eigenvalue weighted by Gasteiger charge is -2.42. The fraction of sp³-hybridized carbons (Fsp3) is 0.350. The molecule has 0 amide bonds. The second kappa shape index (κ2) is 6.88. The van der Waals surface area contributed by atoms with Gasteiger partial charge in [0.15, 0.2) is 6.40 Å². The molecule has 6 heteroatoms. The van der Waals surface area contributed by atoms with Gasteiger partial charge in [0.25, 0.3) is 5.69 Å². The van der Waals surface area contributed by atoms with Crippen molar-refractivity contribution in [3.8, 4) is 0 Å². The van der Waals surface area contributed by atoms with Gasteiger partial charge >= 0.3 is 0 Å². The first-order valence-corrected chi connectivity index (χ1v) is 8.92. The average Bonchev–Trinajstić information content (AvgIpc) is 2.68. The summed E-state index contributed by atoms with van der Waals surface area (Å²) in [6.45, 7) is 2.88. The number of hydrogen-bond acceptors (Lipinski definition) is 5. The van der Waals surface area contributed by atoms with E-state index in [4.69, 9.17) is 4.74 Å². The molecule has 0 saturated carbocycles. The highest BCUT2D eigenvalue weighted by molar-refractivity contribution is 5.64. The summed E-state index contributed by atoms with van der Waals surface area (Å²) in [5.74, 6) is 0. The lowest BCUT2D eigenvalue weighted by molar-refractivity contribution is -0.384. The topological polar surface area (TPSA) is 68.0 Å². The summed E-state index contributed by atoms with van der Waals surface area (Å²) in [4.78, 5) is 17.2. The van der Waals surface area contributed by atoms with Crippen molar-refractivity contribution in [1.82, 2.24) is 4.90 Å². The largest absolute Gasteiger partial charge is 0.472 e. The Morgan fingerprint density at radius 3 is 2.58 bits per heavy atom. The van der Waals surface area contributed by atoms with Crippen LogP contribution < -0.4 is 0 Å². The maximum absolute atomic E-state index is 10.7. The number of non-ortho nitro benzene ring substituents is 1. The van der Waals surface area contributed by atoms with Crippen molar-refractivity contribution >= 4 is 17.8 Å². The first kappa shape index (κ1) is 16.7. The smallest absolute Gasteiger partial charge is 0.269 e. The number of aliphatic imine (C=N–C) groups is 1. The van der Waals surface area contributed by atoms with E-state index in [1.807, 2.05) is 30.3 Å². The number of nitrogens with zero attached hydrogens (tertiary/aromatic N) is 3. The number of rotatable bonds is 4. The predicted molar refractivity (Wildman–Crippen MR) is 99.8 cm³/mol. The van der Waals surface area contributed by atoms with Gasteiger partial charge in [0.1, 0.15) is 5.60 Å². The summed E-state index contributed by atoms with van der Waals surface area (Å²) >= 11 is 0. The van der Waals surface area contributed by atoms with Gasteiger partial charge in [0, 0.05) is 50.2 Å². The molecule has 0 N–H and O–H groups in total. The van der Waals surface area contributed by atoms with E-state index in [2.05, 4.69) is 16.0 Å². The standard InChI is InChI=1S/C20H21N3O3/c24-23(25)17-7-5-16(6-8-17)9-12-22-13-10-20(11-14-22)18-3-1-2-4-19(18)21-15-26-20/h1-8,15H,9-14H2. The molecule has 0 unspecified atom stereocenters.